The number of nitrogens with zero attached hydrogens (tertiary/aromatic N) is 4. The zero-order valence-electron chi connectivity index (χ0n) is 23.8. The molecule has 0 bridgehead atoms. The first-order valence-electron chi connectivity index (χ1n) is 13.8. The number of alkyl halides is 3. The number of nitro benzene ring substituents is 1. The van der Waals surface area contributed by atoms with E-state index >= 15 is 0 Å². The van der Waals surface area contributed by atoms with Gasteiger partial charge < -0.3 is 9.30 Å². The molecule has 0 fully saturated rings. The number of carbonyl (C=O) groups is 1. The van der Waals surface area contributed by atoms with E-state index in [1.54, 1.807) is 24.4 Å². The second-order valence-electron chi connectivity index (χ2n) is 10.3. The number of allylic oxidation sites excluding steroid dienone is 1. The minimum absolute atomic E-state index is 0.0334. The molecular weight excluding hydrogens is 645 g/mol. The summed E-state index contributed by atoms with van der Waals surface area (Å²) >= 11 is 6.82. The first kappa shape index (κ1) is 31.0. The van der Waals surface area contributed by atoms with Crippen molar-refractivity contribution in [3.8, 4) is 0 Å². The molecular formula is C32H22ClF3N4O5S. The molecule has 1 aliphatic rings. The number of aromatic nitrogens is 2. The highest BCUT2D eigenvalue weighted by Gasteiger charge is 2.45. The molecule has 2 aromatic heterocycles. The SMILES string of the molecule is CCOC(=O)C1=C(C(F)(F)F)N=c2s/c(=C\c3cn(Cc4ccc([N+](=O)[O-])cc4)c4ccccc34)c(=O)n2[C@@H]1c1ccc(Cl)cc1. The highest BCUT2D eigenvalue weighted by Crippen LogP contribution is 2.38. The summed E-state index contributed by atoms with van der Waals surface area (Å²) < 4.78 is 51.3. The number of carbonyl (C=O) groups excluding carboxylic acids is 1. The van der Waals surface area contributed by atoms with Crippen molar-refractivity contribution in [1.82, 2.24) is 9.13 Å². The van der Waals surface area contributed by atoms with Crippen LogP contribution < -0.4 is 14.9 Å². The molecule has 234 valence electrons. The van der Waals surface area contributed by atoms with Crippen LogP contribution in [0.5, 0.6) is 0 Å². The van der Waals surface area contributed by atoms with Crippen LogP contribution in [-0.4, -0.2) is 32.8 Å². The Balaban J connectivity index is 1.53. The number of thiazole rings is 1. The largest absolute Gasteiger partial charge is 0.463 e. The highest BCUT2D eigenvalue weighted by atomic mass is 35.5. The molecule has 14 heteroatoms. The van der Waals surface area contributed by atoms with Gasteiger partial charge in [0.2, 0.25) is 0 Å². The molecule has 0 amide bonds. The highest BCUT2D eigenvalue weighted by molar-refractivity contribution is 7.07. The number of esters is 1. The van der Waals surface area contributed by atoms with Crippen molar-refractivity contribution in [2.24, 2.45) is 4.99 Å². The van der Waals surface area contributed by atoms with E-state index in [-0.39, 0.29) is 27.2 Å². The third kappa shape index (κ3) is 5.74. The van der Waals surface area contributed by atoms with Crippen LogP contribution in [0.25, 0.3) is 17.0 Å². The number of non-ortho nitro benzene ring substituents is 1. The van der Waals surface area contributed by atoms with Gasteiger partial charge in [0.1, 0.15) is 0 Å². The van der Waals surface area contributed by atoms with Crippen LogP contribution in [0.3, 0.4) is 0 Å². The van der Waals surface area contributed by atoms with Crippen LogP contribution in [0.4, 0.5) is 18.9 Å². The summed E-state index contributed by atoms with van der Waals surface area (Å²) in [5, 5.41) is 12.2. The molecule has 0 saturated heterocycles. The van der Waals surface area contributed by atoms with Gasteiger partial charge in [0.15, 0.2) is 10.5 Å². The Labute approximate surface area is 266 Å². The molecule has 9 nitrogen and oxygen atoms in total. The van der Waals surface area contributed by atoms with Crippen LogP contribution in [-0.2, 0) is 16.1 Å². The van der Waals surface area contributed by atoms with Crippen LogP contribution in [0, 0.1) is 10.1 Å². The van der Waals surface area contributed by atoms with Crippen molar-refractivity contribution in [2.75, 3.05) is 6.61 Å². The van der Waals surface area contributed by atoms with E-state index in [0.717, 1.165) is 32.4 Å². The number of benzene rings is 3. The Morgan fingerprint density at radius 1 is 1.11 bits per heavy atom. The Morgan fingerprint density at radius 2 is 1.80 bits per heavy atom. The van der Waals surface area contributed by atoms with E-state index in [2.05, 4.69) is 4.99 Å². The number of fused-ring (bicyclic) bond motifs is 2. The van der Waals surface area contributed by atoms with Crippen molar-refractivity contribution in [3.63, 3.8) is 0 Å². The van der Waals surface area contributed by atoms with Crippen LogP contribution >= 0.6 is 22.9 Å². The molecule has 0 unspecified atom stereocenters. The summed E-state index contributed by atoms with van der Waals surface area (Å²) in [6, 6.07) is 17.9. The van der Waals surface area contributed by atoms with Crippen molar-refractivity contribution >= 4 is 51.6 Å². The fraction of sp³-hybridized carbons (Fsp3) is 0.156. The van der Waals surface area contributed by atoms with Gasteiger partial charge in [-0.25, -0.2) is 9.79 Å². The average molecular weight is 667 g/mol. The second-order valence-corrected chi connectivity index (χ2v) is 11.7. The molecule has 5 aromatic rings. The molecule has 1 aliphatic heterocycles. The normalized spacial score (nSPS) is 15.2. The summed E-state index contributed by atoms with van der Waals surface area (Å²) in [5.41, 5.74) is -0.459. The van der Waals surface area contributed by atoms with E-state index in [4.69, 9.17) is 16.3 Å². The van der Waals surface area contributed by atoms with Gasteiger partial charge in [-0.3, -0.25) is 19.5 Å². The summed E-state index contributed by atoms with van der Waals surface area (Å²) in [6.45, 7) is 1.65. The number of hydrogen-bond donors (Lipinski definition) is 0. The number of para-hydroxylation sites is 1. The first-order chi connectivity index (χ1) is 22.0. The Bertz CT molecular complexity index is 2220. The zero-order valence-corrected chi connectivity index (χ0v) is 25.4. The van der Waals surface area contributed by atoms with Crippen molar-refractivity contribution < 1.29 is 27.6 Å². The monoisotopic (exact) mass is 666 g/mol. The first-order valence-corrected chi connectivity index (χ1v) is 15.0. The van der Waals surface area contributed by atoms with Crippen LogP contribution in [0.1, 0.15) is 29.7 Å². The molecule has 0 spiro atoms. The molecule has 3 aromatic carbocycles. The van der Waals surface area contributed by atoms with Gasteiger partial charge in [-0.1, -0.05) is 65.4 Å². The predicted octanol–water partition coefficient (Wildman–Crippen LogP) is 5.91. The van der Waals surface area contributed by atoms with Gasteiger partial charge in [-0.2, -0.15) is 13.2 Å². The van der Waals surface area contributed by atoms with Gasteiger partial charge in [0, 0.05) is 46.4 Å². The molecule has 46 heavy (non-hydrogen) atoms. The van der Waals surface area contributed by atoms with E-state index in [0.29, 0.717) is 17.1 Å². The fourth-order valence-electron chi connectivity index (χ4n) is 5.38. The average Bonchev–Trinajstić information content (AvgIpc) is 3.53. The Kier molecular flexibility index (Phi) is 8.13. The van der Waals surface area contributed by atoms with Crippen LogP contribution in [0.15, 0.2) is 100 Å². The maximum atomic E-state index is 14.4. The third-order valence-corrected chi connectivity index (χ3v) is 8.62. The summed E-state index contributed by atoms with van der Waals surface area (Å²) in [4.78, 5) is 41.2. The molecule has 6 rings (SSSR count). The topological polar surface area (TPSA) is 109 Å². The van der Waals surface area contributed by atoms with E-state index in [9.17, 15) is 32.9 Å². The van der Waals surface area contributed by atoms with E-state index in [1.807, 2.05) is 28.8 Å². The molecule has 3 heterocycles. The number of halogens is 4. The third-order valence-electron chi connectivity index (χ3n) is 7.39. The van der Waals surface area contributed by atoms with Crippen molar-refractivity contribution in [1.29, 1.82) is 0 Å². The minimum Gasteiger partial charge on any atom is -0.463 e. The number of hydrogen-bond acceptors (Lipinski definition) is 7. The summed E-state index contributed by atoms with van der Waals surface area (Å²) in [5.74, 6) is -1.23. The minimum atomic E-state index is -5.02. The van der Waals surface area contributed by atoms with Gasteiger partial charge >= 0.3 is 12.1 Å². The smallest absolute Gasteiger partial charge is 0.434 e. The molecule has 0 aliphatic carbocycles. The summed E-state index contributed by atoms with van der Waals surface area (Å²) in [6.07, 6.45) is -1.64. The molecule has 0 saturated carbocycles. The fourth-order valence-corrected chi connectivity index (χ4v) is 6.50. The standard InChI is InChI=1S/C32H22ClF3N4O5S/c1-2-45-30(42)26-27(19-9-11-21(33)12-10-19)39-29(41)25(46-31(39)37-28(26)32(34,35)36)15-20-17-38(24-6-4-3-5-23(20)24)16-18-7-13-22(14-8-18)40(43)44/h3-15,17,27H,2,16H2,1H3/b25-15-/t27-/m1/s1. The van der Waals surface area contributed by atoms with Gasteiger partial charge in [0.05, 0.1) is 27.7 Å². The van der Waals surface area contributed by atoms with Gasteiger partial charge in [0.25, 0.3) is 11.2 Å². The van der Waals surface area contributed by atoms with Crippen molar-refractivity contribution in [3.05, 3.63) is 142 Å². The molecule has 0 N–H and O–H groups in total. The lowest BCUT2D eigenvalue weighted by molar-refractivity contribution is -0.384. The number of nitro groups is 1. The van der Waals surface area contributed by atoms with E-state index in [1.165, 1.54) is 43.3 Å². The Hall–Kier alpha value is -5.01. The maximum absolute atomic E-state index is 14.4. The van der Waals surface area contributed by atoms with Gasteiger partial charge in [-0.05, 0) is 42.3 Å². The number of rotatable bonds is 7. The van der Waals surface area contributed by atoms with Crippen LogP contribution in [0.2, 0.25) is 5.02 Å². The van der Waals surface area contributed by atoms with E-state index < -0.39 is 39.9 Å². The predicted molar refractivity (Wildman–Crippen MR) is 166 cm³/mol. The zero-order chi connectivity index (χ0) is 32.7. The second kappa shape index (κ2) is 12.1. The lowest BCUT2D eigenvalue weighted by Gasteiger charge is -2.26. The maximum Gasteiger partial charge on any atom is 0.434 e. The van der Waals surface area contributed by atoms with Crippen molar-refractivity contribution in [2.45, 2.75) is 25.7 Å². The lowest BCUT2D eigenvalue weighted by Crippen LogP contribution is -2.41. The molecule has 0 radical (unpaired) electrons. The lowest BCUT2D eigenvalue weighted by atomic mass is 9.95. The number of ether oxygens (including phenoxy) is 1. The summed E-state index contributed by atoms with van der Waals surface area (Å²) in [7, 11) is 0. The molecule has 1 atom stereocenters. The van der Waals surface area contributed by atoms with Gasteiger partial charge in [-0.15, -0.1) is 0 Å². The Morgan fingerprint density at radius 3 is 2.46 bits per heavy atom. The quantitative estimate of drug-likeness (QED) is 0.122.